The van der Waals surface area contributed by atoms with Crippen molar-refractivity contribution in [2.75, 3.05) is 13.1 Å². The van der Waals surface area contributed by atoms with Crippen LogP contribution in [0.4, 0.5) is 0 Å². The Hall–Kier alpha value is -0.990. The van der Waals surface area contributed by atoms with Crippen LogP contribution in [0.25, 0.3) is 0 Å². The third-order valence-electron chi connectivity index (χ3n) is 5.65. The van der Waals surface area contributed by atoms with Crippen LogP contribution in [0.3, 0.4) is 0 Å². The van der Waals surface area contributed by atoms with Gasteiger partial charge >= 0.3 is 5.97 Å². The number of primary amides is 1. The molecule has 1 saturated heterocycles. The van der Waals surface area contributed by atoms with E-state index in [2.05, 4.69) is 15.4 Å². The molecule has 4 N–H and O–H groups in total. The molecule has 3 rings (SSSR count). The van der Waals surface area contributed by atoms with E-state index in [9.17, 15) is 9.59 Å². The molecule has 1 atom stereocenters. The van der Waals surface area contributed by atoms with Gasteiger partial charge in [-0.2, -0.15) is 5.10 Å². The van der Waals surface area contributed by atoms with Crippen LogP contribution in [0, 0.1) is 11.8 Å². The van der Waals surface area contributed by atoms with Crippen LogP contribution in [0.15, 0.2) is 5.10 Å². The number of nitrogens with zero attached hydrogens (tertiary/aromatic N) is 2. The molecule has 1 saturated carbocycles. The Morgan fingerprint density at radius 2 is 1.85 bits per heavy atom. The highest BCUT2D eigenvalue weighted by atomic mass is 35.5. The number of piperidine rings is 1. The van der Waals surface area contributed by atoms with E-state index in [1.165, 1.54) is 11.8 Å². The molecule has 2 heterocycles. The predicted molar refractivity (Wildman–Crippen MR) is 105 cm³/mol. The van der Waals surface area contributed by atoms with Crippen LogP contribution in [-0.4, -0.2) is 51.5 Å². The fourth-order valence-corrected chi connectivity index (χ4v) is 5.50. The van der Waals surface area contributed by atoms with Crippen molar-refractivity contribution in [3.8, 4) is 0 Å². The monoisotopic (exact) mass is 404 g/mol. The lowest BCUT2D eigenvalue weighted by Gasteiger charge is -2.40. The number of nitrogens with two attached hydrogens (primary N) is 1. The molecule has 1 amide bonds. The molecular formula is C17H29ClN4O3S. The van der Waals surface area contributed by atoms with Gasteiger partial charge in [0.1, 0.15) is 5.37 Å². The lowest BCUT2D eigenvalue weighted by Crippen LogP contribution is -2.44. The van der Waals surface area contributed by atoms with E-state index in [0.717, 1.165) is 58.0 Å². The first kappa shape index (κ1) is 21.3. The number of halogens is 1. The third-order valence-corrected chi connectivity index (χ3v) is 7.00. The van der Waals surface area contributed by atoms with Crippen LogP contribution in [-0.2, 0) is 9.59 Å². The second kappa shape index (κ2) is 9.80. The van der Waals surface area contributed by atoms with Crippen LogP contribution in [0.2, 0.25) is 0 Å². The Morgan fingerprint density at radius 3 is 2.42 bits per heavy atom. The molecule has 26 heavy (non-hydrogen) atoms. The summed E-state index contributed by atoms with van der Waals surface area (Å²) in [5.74, 6) is -0.113. The molecule has 1 unspecified atom stereocenters. The SMILES string of the molecule is Cl.NC(=O)C1=NN(C2CCC(CCC(=O)O)CC2)C(C2CCNCC2)S1. The van der Waals surface area contributed by atoms with Gasteiger partial charge in [0.15, 0.2) is 5.04 Å². The maximum atomic E-state index is 11.6. The molecule has 0 spiro atoms. The molecule has 0 bridgehead atoms. The number of thioether (sulfide) groups is 1. The summed E-state index contributed by atoms with van der Waals surface area (Å²) in [6, 6.07) is 0.338. The number of carbonyl (C=O) groups excluding carboxylic acids is 1. The quantitative estimate of drug-likeness (QED) is 0.624. The number of carboxylic acid groups (broad SMARTS) is 1. The number of hydrazone groups is 1. The largest absolute Gasteiger partial charge is 0.481 e. The topological polar surface area (TPSA) is 108 Å². The molecule has 1 aliphatic carbocycles. The maximum absolute atomic E-state index is 11.6. The number of hydrogen-bond acceptors (Lipinski definition) is 6. The molecular weight excluding hydrogens is 376 g/mol. The van der Waals surface area contributed by atoms with Crippen molar-refractivity contribution in [3.63, 3.8) is 0 Å². The standard InChI is InChI=1S/C17H28N4O3S.ClH/c18-15(24)16-20-21(17(25-16)12-7-9-19-10-8-12)13-4-1-11(2-5-13)3-6-14(22)23;/h11-13,17,19H,1-10H2,(H2,18,24)(H,22,23);1H. The first-order valence-corrected chi connectivity index (χ1v) is 10.2. The highest BCUT2D eigenvalue weighted by Crippen LogP contribution is 2.41. The zero-order valence-corrected chi connectivity index (χ0v) is 16.6. The maximum Gasteiger partial charge on any atom is 0.303 e. The van der Waals surface area contributed by atoms with Crippen LogP contribution in [0.5, 0.6) is 0 Å². The molecule has 2 aliphatic heterocycles. The predicted octanol–water partition coefficient (Wildman–Crippen LogP) is 2.01. The minimum absolute atomic E-state index is 0. The molecule has 148 valence electrons. The first-order valence-electron chi connectivity index (χ1n) is 9.30. The lowest BCUT2D eigenvalue weighted by molar-refractivity contribution is -0.137. The van der Waals surface area contributed by atoms with Gasteiger partial charge in [0.2, 0.25) is 0 Å². The van der Waals surface area contributed by atoms with Gasteiger partial charge in [0.05, 0.1) is 0 Å². The molecule has 3 aliphatic rings. The fourth-order valence-electron chi connectivity index (χ4n) is 4.22. The second-order valence-corrected chi connectivity index (χ2v) is 8.46. The summed E-state index contributed by atoms with van der Waals surface area (Å²) in [4.78, 5) is 22.4. The molecule has 0 radical (unpaired) electrons. The smallest absolute Gasteiger partial charge is 0.303 e. The Bertz CT molecular complexity index is 534. The van der Waals surface area contributed by atoms with Crippen molar-refractivity contribution >= 4 is 41.1 Å². The number of rotatable bonds is 6. The zero-order chi connectivity index (χ0) is 17.8. The third kappa shape index (κ3) is 5.27. The highest BCUT2D eigenvalue weighted by Gasteiger charge is 2.40. The lowest BCUT2D eigenvalue weighted by atomic mass is 9.83. The second-order valence-electron chi connectivity index (χ2n) is 7.35. The number of hydrogen-bond donors (Lipinski definition) is 3. The van der Waals surface area contributed by atoms with E-state index < -0.39 is 11.9 Å². The Labute approximate surface area is 164 Å². The summed E-state index contributed by atoms with van der Waals surface area (Å²) in [6.07, 6.45) is 7.34. The number of amides is 1. The minimum atomic E-state index is -0.709. The van der Waals surface area contributed by atoms with E-state index in [0.29, 0.717) is 22.9 Å². The van der Waals surface area contributed by atoms with Gasteiger partial charge < -0.3 is 16.2 Å². The normalized spacial score (nSPS) is 29.8. The molecule has 9 heteroatoms. The van der Waals surface area contributed by atoms with Gasteiger partial charge in [-0.15, -0.1) is 12.4 Å². The number of nitrogens with one attached hydrogen (secondary N) is 1. The Morgan fingerprint density at radius 1 is 1.19 bits per heavy atom. The fraction of sp³-hybridized carbons (Fsp3) is 0.824. The first-order chi connectivity index (χ1) is 12.0. The Kier molecular flexibility index (Phi) is 8.04. The van der Waals surface area contributed by atoms with Gasteiger partial charge in [-0.05, 0) is 69.9 Å². The van der Waals surface area contributed by atoms with Crippen molar-refractivity contribution in [1.29, 1.82) is 0 Å². The van der Waals surface area contributed by atoms with E-state index in [4.69, 9.17) is 10.8 Å². The molecule has 7 nitrogen and oxygen atoms in total. The summed E-state index contributed by atoms with van der Waals surface area (Å²) < 4.78 is 0. The van der Waals surface area contributed by atoms with Crippen LogP contribution >= 0.6 is 24.2 Å². The summed E-state index contributed by atoms with van der Waals surface area (Å²) in [7, 11) is 0. The van der Waals surface area contributed by atoms with Gasteiger partial charge in [-0.1, -0.05) is 11.8 Å². The van der Waals surface area contributed by atoms with Crippen LogP contribution in [0.1, 0.15) is 51.4 Å². The average Bonchev–Trinajstić information content (AvgIpc) is 3.07. The number of carbonyl (C=O) groups is 2. The van der Waals surface area contributed by atoms with Crippen molar-refractivity contribution in [2.45, 2.75) is 62.8 Å². The average molecular weight is 405 g/mol. The van der Waals surface area contributed by atoms with E-state index >= 15 is 0 Å². The summed E-state index contributed by atoms with van der Waals surface area (Å²) in [5, 5.41) is 19.6. The van der Waals surface area contributed by atoms with Gasteiger partial charge in [0.25, 0.3) is 5.91 Å². The molecule has 2 fully saturated rings. The van der Waals surface area contributed by atoms with Crippen LogP contribution < -0.4 is 11.1 Å². The van der Waals surface area contributed by atoms with Gasteiger partial charge in [0, 0.05) is 12.5 Å². The van der Waals surface area contributed by atoms with E-state index in [1.54, 1.807) is 0 Å². The molecule has 0 aromatic rings. The van der Waals surface area contributed by atoms with Gasteiger partial charge in [-0.25, -0.2) is 0 Å². The number of aliphatic carboxylic acids is 1. The van der Waals surface area contributed by atoms with Crippen molar-refractivity contribution in [1.82, 2.24) is 10.3 Å². The van der Waals surface area contributed by atoms with Crippen molar-refractivity contribution < 1.29 is 14.7 Å². The molecule has 0 aromatic carbocycles. The molecule has 0 aromatic heterocycles. The number of carboxylic acids is 1. The van der Waals surface area contributed by atoms with Crippen molar-refractivity contribution in [3.05, 3.63) is 0 Å². The highest BCUT2D eigenvalue weighted by molar-refractivity contribution is 8.16. The Balaban J connectivity index is 0.00000243. The minimum Gasteiger partial charge on any atom is -0.481 e. The van der Waals surface area contributed by atoms with Gasteiger partial charge in [-0.3, -0.25) is 14.6 Å². The summed E-state index contributed by atoms with van der Waals surface area (Å²) in [5.41, 5.74) is 5.49. The summed E-state index contributed by atoms with van der Waals surface area (Å²) in [6.45, 7) is 2.03. The summed E-state index contributed by atoms with van der Waals surface area (Å²) >= 11 is 1.54. The zero-order valence-electron chi connectivity index (χ0n) is 14.9. The van der Waals surface area contributed by atoms with Crippen molar-refractivity contribution in [2.24, 2.45) is 22.7 Å². The van der Waals surface area contributed by atoms with E-state index in [1.807, 2.05) is 0 Å². The van der Waals surface area contributed by atoms with E-state index in [-0.39, 0.29) is 24.2 Å².